The molecule has 5 fully saturated rings. The number of hydrogen-bond donors (Lipinski definition) is 2. The molecule has 5 saturated carbocycles. The van der Waals surface area contributed by atoms with Crippen LogP contribution in [0.2, 0.25) is 0 Å². The Kier molecular flexibility index (Phi) is 7.90. The number of fused-ring (bicyclic) bond motifs is 2. The fourth-order valence-electron chi connectivity index (χ4n) is 12.4. The van der Waals surface area contributed by atoms with Gasteiger partial charge in [-0.05, 0) is 147 Å². The number of carbonyl (C=O) groups is 1. The predicted molar refractivity (Wildman–Crippen MR) is 180 cm³/mol. The topological polar surface area (TPSA) is 76.0 Å². The van der Waals surface area contributed by atoms with Gasteiger partial charge < -0.3 is 19.7 Å². The van der Waals surface area contributed by atoms with Gasteiger partial charge >= 0.3 is 5.97 Å². The third kappa shape index (κ3) is 5.00. The average molecular weight is 619 g/mol. The number of esters is 1. The first-order valence-electron chi connectivity index (χ1n) is 17.7. The van der Waals surface area contributed by atoms with Gasteiger partial charge in [0.1, 0.15) is 6.10 Å². The van der Waals surface area contributed by atoms with Gasteiger partial charge in [-0.3, -0.25) is 0 Å². The number of carbonyl (C=O) groups excluding carboxylic acids is 1. The van der Waals surface area contributed by atoms with Crippen LogP contribution in [0, 0.1) is 50.7 Å². The molecule has 9 atom stereocenters. The van der Waals surface area contributed by atoms with E-state index in [2.05, 4.69) is 40.7 Å². The molecule has 1 aromatic rings. The SMILES string of the molecule is COc1cc(/C=C/C(=O)O[C@H]2CC[C@]34C[C@]35CC[C@]3(C)[C@@H]([C@H](C)CC=CC(C)(C)O)CC[C@@]3(C)[C@@H]5CC[C@H]4C2(C)C)ccc1O. The van der Waals surface area contributed by atoms with E-state index in [9.17, 15) is 15.0 Å². The van der Waals surface area contributed by atoms with Crippen LogP contribution in [0.4, 0.5) is 0 Å². The zero-order valence-electron chi connectivity index (χ0n) is 29.1. The zero-order valence-corrected chi connectivity index (χ0v) is 29.1. The van der Waals surface area contributed by atoms with Crippen molar-refractivity contribution >= 4 is 12.0 Å². The highest BCUT2D eigenvalue weighted by molar-refractivity contribution is 5.87. The Morgan fingerprint density at radius 3 is 2.42 bits per heavy atom. The lowest BCUT2D eigenvalue weighted by molar-refractivity contribution is -0.179. The van der Waals surface area contributed by atoms with Crippen molar-refractivity contribution in [3.8, 4) is 11.5 Å². The predicted octanol–water partition coefficient (Wildman–Crippen LogP) is 9.12. The molecule has 5 nitrogen and oxygen atoms in total. The summed E-state index contributed by atoms with van der Waals surface area (Å²) in [7, 11) is 1.52. The Balaban J connectivity index is 1.15. The molecule has 0 aliphatic heterocycles. The molecule has 5 heteroatoms. The normalized spacial score (nSPS) is 40.7. The van der Waals surface area contributed by atoms with Crippen LogP contribution in [-0.2, 0) is 9.53 Å². The van der Waals surface area contributed by atoms with Gasteiger partial charge in [-0.25, -0.2) is 4.79 Å². The van der Waals surface area contributed by atoms with E-state index in [-0.39, 0.29) is 23.2 Å². The molecular formula is C40H58O5. The van der Waals surface area contributed by atoms with Crippen molar-refractivity contribution in [2.75, 3.05) is 7.11 Å². The molecule has 45 heavy (non-hydrogen) atoms. The summed E-state index contributed by atoms with van der Waals surface area (Å²) in [4.78, 5) is 13.1. The van der Waals surface area contributed by atoms with E-state index in [0.29, 0.717) is 39.2 Å². The third-order valence-corrected chi connectivity index (χ3v) is 14.7. The van der Waals surface area contributed by atoms with Gasteiger partial charge in [-0.1, -0.05) is 52.8 Å². The number of phenolic OH excluding ortho intramolecular Hbond substituents is 1. The molecule has 0 bridgehead atoms. The highest BCUT2D eigenvalue weighted by Crippen LogP contribution is 2.89. The fraction of sp³-hybridized carbons (Fsp3) is 0.725. The second-order valence-corrected chi connectivity index (χ2v) is 17.5. The Labute approximate surface area is 271 Å². The Bertz CT molecular complexity index is 1370. The minimum Gasteiger partial charge on any atom is -0.504 e. The summed E-state index contributed by atoms with van der Waals surface area (Å²) in [5, 5.41) is 20.1. The van der Waals surface area contributed by atoms with Crippen LogP contribution in [0.3, 0.4) is 0 Å². The summed E-state index contributed by atoms with van der Waals surface area (Å²) in [6.07, 6.45) is 19.9. The van der Waals surface area contributed by atoms with Crippen LogP contribution in [0.25, 0.3) is 6.08 Å². The maximum Gasteiger partial charge on any atom is 0.331 e. The average Bonchev–Trinajstić information content (AvgIpc) is 3.55. The molecule has 0 heterocycles. The van der Waals surface area contributed by atoms with Crippen molar-refractivity contribution in [3.05, 3.63) is 42.0 Å². The van der Waals surface area contributed by atoms with Crippen molar-refractivity contribution in [2.45, 2.75) is 124 Å². The van der Waals surface area contributed by atoms with Gasteiger partial charge in [0, 0.05) is 11.5 Å². The Morgan fingerprint density at radius 2 is 1.71 bits per heavy atom. The van der Waals surface area contributed by atoms with Crippen LogP contribution in [0.15, 0.2) is 36.4 Å². The number of aromatic hydroxyl groups is 1. The fourth-order valence-corrected chi connectivity index (χ4v) is 12.4. The first kappa shape index (κ1) is 32.7. The molecule has 5 aliphatic carbocycles. The van der Waals surface area contributed by atoms with Gasteiger partial charge in [0.05, 0.1) is 12.7 Å². The number of phenols is 1. The minimum absolute atomic E-state index is 0.0564. The largest absolute Gasteiger partial charge is 0.504 e. The molecule has 2 spiro atoms. The number of methoxy groups -OCH3 is 1. The number of ether oxygens (including phenoxy) is 2. The molecule has 5 aliphatic rings. The summed E-state index contributed by atoms with van der Waals surface area (Å²) in [6, 6.07) is 5.06. The number of benzene rings is 1. The van der Waals surface area contributed by atoms with E-state index < -0.39 is 5.60 Å². The molecule has 0 aromatic heterocycles. The molecule has 248 valence electrons. The Morgan fingerprint density at radius 1 is 1.00 bits per heavy atom. The smallest absolute Gasteiger partial charge is 0.331 e. The van der Waals surface area contributed by atoms with E-state index in [0.717, 1.165) is 30.2 Å². The van der Waals surface area contributed by atoms with Crippen molar-refractivity contribution < 1.29 is 24.5 Å². The van der Waals surface area contributed by atoms with Gasteiger partial charge in [-0.15, -0.1) is 0 Å². The maximum absolute atomic E-state index is 13.1. The summed E-state index contributed by atoms with van der Waals surface area (Å²) in [6.45, 7) is 16.3. The first-order chi connectivity index (χ1) is 21.0. The van der Waals surface area contributed by atoms with Gasteiger partial charge in [0.15, 0.2) is 11.5 Å². The number of allylic oxidation sites excluding steroid dienone is 1. The summed E-state index contributed by atoms with van der Waals surface area (Å²) < 4.78 is 11.4. The lowest BCUT2D eigenvalue weighted by Gasteiger charge is -2.63. The molecular weight excluding hydrogens is 560 g/mol. The van der Waals surface area contributed by atoms with Crippen molar-refractivity contribution in [1.82, 2.24) is 0 Å². The molecule has 0 unspecified atom stereocenters. The number of hydrogen-bond acceptors (Lipinski definition) is 5. The highest BCUT2D eigenvalue weighted by Gasteiger charge is 2.82. The second-order valence-electron chi connectivity index (χ2n) is 17.5. The minimum atomic E-state index is -0.742. The summed E-state index contributed by atoms with van der Waals surface area (Å²) in [5.74, 6) is 2.93. The number of rotatable bonds is 8. The van der Waals surface area contributed by atoms with E-state index in [4.69, 9.17) is 9.47 Å². The van der Waals surface area contributed by atoms with Crippen LogP contribution >= 0.6 is 0 Å². The second kappa shape index (κ2) is 10.9. The third-order valence-electron chi connectivity index (χ3n) is 14.7. The van der Waals surface area contributed by atoms with Crippen molar-refractivity contribution in [1.29, 1.82) is 0 Å². The lowest BCUT2D eigenvalue weighted by atomic mass is 9.41. The molecule has 0 saturated heterocycles. The quantitative estimate of drug-likeness (QED) is 0.173. The van der Waals surface area contributed by atoms with Gasteiger partial charge in [0.25, 0.3) is 0 Å². The van der Waals surface area contributed by atoms with E-state index in [1.165, 1.54) is 64.6 Å². The summed E-state index contributed by atoms with van der Waals surface area (Å²) >= 11 is 0. The molecule has 1 aromatic carbocycles. The van der Waals surface area contributed by atoms with Crippen LogP contribution < -0.4 is 4.74 Å². The zero-order chi connectivity index (χ0) is 32.6. The van der Waals surface area contributed by atoms with Gasteiger partial charge in [-0.2, -0.15) is 0 Å². The van der Waals surface area contributed by atoms with E-state index in [1.54, 1.807) is 24.3 Å². The maximum atomic E-state index is 13.1. The first-order valence-corrected chi connectivity index (χ1v) is 17.7. The van der Waals surface area contributed by atoms with Crippen molar-refractivity contribution in [3.63, 3.8) is 0 Å². The van der Waals surface area contributed by atoms with Crippen molar-refractivity contribution in [2.24, 2.45) is 50.7 Å². The molecule has 2 N–H and O–H groups in total. The summed E-state index contributed by atoms with van der Waals surface area (Å²) in [5.41, 5.74) is 1.62. The molecule has 0 amide bonds. The highest BCUT2D eigenvalue weighted by atomic mass is 16.5. The van der Waals surface area contributed by atoms with Crippen LogP contribution in [0.5, 0.6) is 11.5 Å². The van der Waals surface area contributed by atoms with Crippen LogP contribution in [0.1, 0.15) is 118 Å². The van der Waals surface area contributed by atoms with E-state index >= 15 is 0 Å². The molecule has 0 radical (unpaired) electrons. The molecule has 6 rings (SSSR count). The Hall–Kier alpha value is -2.27. The van der Waals surface area contributed by atoms with E-state index in [1.807, 2.05) is 19.9 Å². The number of aliphatic hydroxyl groups is 1. The lowest BCUT2D eigenvalue weighted by Crippen LogP contribution is -2.58. The van der Waals surface area contributed by atoms with Crippen LogP contribution in [-0.4, -0.2) is 35.0 Å². The standard InChI is InChI=1S/C40H58O5/c1-26(10-9-19-35(2,3)43)28-17-20-38(7)32-15-14-31-36(4,5)33(18-21-39(31)25-40(32,39)23-22-37(28,38)6)45-34(42)16-12-27-11-13-29(41)30(24-27)44-8/h9,11-13,16,19,24,26,28,31-33,41,43H,10,14-15,17-18,20-23,25H2,1-8H3/b16-12+,19-9?/t26-,28-,31+,32+,33+,37-,38+,39-,40+/m1/s1. The van der Waals surface area contributed by atoms with Gasteiger partial charge in [0.2, 0.25) is 0 Å². The monoisotopic (exact) mass is 618 g/mol.